The summed E-state index contributed by atoms with van der Waals surface area (Å²) < 4.78 is 43.9. The predicted molar refractivity (Wildman–Crippen MR) is 75.9 cm³/mol. The fourth-order valence-electron chi connectivity index (χ4n) is 2.89. The van der Waals surface area contributed by atoms with Crippen LogP contribution in [0.2, 0.25) is 0 Å². The SMILES string of the molecule is CCC(C1=C(F)C(C)=C(F)C(F)(C(CC)[N+](=O)[O-])C1N)[N+](=O)[O-]. The van der Waals surface area contributed by atoms with E-state index in [1.54, 1.807) is 0 Å². The Bertz CT molecular complexity index is 593. The first-order valence-electron chi connectivity index (χ1n) is 7.03. The fraction of sp³-hybridized carbons (Fsp3) is 0.692. The van der Waals surface area contributed by atoms with E-state index in [-0.39, 0.29) is 6.42 Å². The summed E-state index contributed by atoms with van der Waals surface area (Å²) in [4.78, 5) is 20.2. The number of hydrogen-bond donors (Lipinski definition) is 1. The second-order valence-electron chi connectivity index (χ2n) is 5.37. The van der Waals surface area contributed by atoms with Gasteiger partial charge in [0, 0.05) is 28.3 Å². The second-order valence-corrected chi connectivity index (χ2v) is 5.37. The lowest BCUT2D eigenvalue weighted by molar-refractivity contribution is -0.541. The van der Waals surface area contributed by atoms with Crippen LogP contribution in [-0.2, 0) is 0 Å². The van der Waals surface area contributed by atoms with Gasteiger partial charge < -0.3 is 5.73 Å². The van der Waals surface area contributed by atoms with Crippen LogP contribution in [-0.4, -0.2) is 33.6 Å². The minimum atomic E-state index is -3.34. The number of rotatable bonds is 6. The molecule has 0 amide bonds. The van der Waals surface area contributed by atoms with Crippen LogP contribution < -0.4 is 5.73 Å². The maximum atomic E-state index is 15.3. The van der Waals surface area contributed by atoms with Crippen molar-refractivity contribution in [2.75, 3.05) is 0 Å². The van der Waals surface area contributed by atoms with Crippen LogP contribution in [0.4, 0.5) is 13.2 Å². The van der Waals surface area contributed by atoms with Gasteiger partial charge in [-0.15, -0.1) is 0 Å². The molecule has 1 aliphatic carbocycles. The van der Waals surface area contributed by atoms with Gasteiger partial charge in [0.25, 0.3) is 6.04 Å². The van der Waals surface area contributed by atoms with Crippen molar-refractivity contribution in [2.45, 2.75) is 57.4 Å². The van der Waals surface area contributed by atoms with Crippen molar-refractivity contribution in [3.05, 3.63) is 43.0 Å². The van der Waals surface area contributed by atoms with E-state index in [0.717, 1.165) is 6.92 Å². The molecule has 0 aromatic heterocycles. The van der Waals surface area contributed by atoms with Crippen LogP contribution in [0.5, 0.6) is 0 Å². The molecule has 0 aromatic carbocycles. The van der Waals surface area contributed by atoms with Crippen molar-refractivity contribution in [3.8, 4) is 0 Å². The van der Waals surface area contributed by atoms with Crippen molar-refractivity contribution in [3.63, 3.8) is 0 Å². The van der Waals surface area contributed by atoms with Gasteiger partial charge in [0.05, 0.1) is 11.6 Å². The van der Waals surface area contributed by atoms with Crippen LogP contribution in [0, 0.1) is 20.2 Å². The highest BCUT2D eigenvalue weighted by atomic mass is 19.2. The molecular weight excluding hydrogens is 319 g/mol. The normalized spacial score (nSPS) is 27.9. The zero-order valence-electron chi connectivity index (χ0n) is 12.9. The Morgan fingerprint density at radius 3 is 2.09 bits per heavy atom. The highest BCUT2D eigenvalue weighted by Crippen LogP contribution is 2.45. The molecule has 0 heterocycles. The predicted octanol–water partition coefficient (Wildman–Crippen LogP) is 2.61. The molecule has 4 unspecified atom stereocenters. The molecule has 4 atom stereocenters. The van der Waals surface area contributed by atoms with Gasteiger partial charge in [0.15, 0.2) is 5.83 Å². The third-order valence-corrected chi connectivity index (χ3v) is 4.16. The van der Waals surface area contributed by atoms with E-state index in [0.29, 0.717) is 0 Å². The molecule has 0 aromatic rings. The smallest absolute Gasteiger partial charge is 0.254 e. The van der Waals surface area contributed by atoms with Gasteiger partial charge in [-0.1, -0.05) is 13.8 Å². The van der Waals surface area contributed by atoms with Crippen molar-refractivity contribution in [1.82, 2.24) is 0 Å². The van der Waals surface area contributed by atoms with Crippen molar-refractivity contribution >= 4 is 0 Å². The molecule has 10 heteroatoms. The lowest BCUT2D eigenvalue weighted by Crippen LogP contribution is -2.60. The van der Waals surface area contributed by atoms with Crippen molar-refractivity contribution in [2.24, 2.45) is 5.73 Å². The quantitative estimate of drug-likeness (QED) is 0.591. The van der Waals surface area contributed by atoms with Crippen LogP contribution in [0.1, 0.15) is 33.6 Å². The van der Waals surface area contributed by atoms with E-state index in [1.165, 1.54) is 13.8 Å². The zero-order valence-corrected chi connectivity index (χ0v) is 12.9. The standard InChI is InChI=1S/C13H18F3N3O4/c1-4-7(18(20)21)9-10(14)6(3)11(15)13(16,12(9)17)8(5-2)19(22)23/h7-8,12H,4-5,17H2,1-3H3. The molecule has 1 aliphatic rings. The summed E-state index contributed by atoms with van der Waals surface area (Å²) >= 11 is 0. The summed E-state index contributed by atoms with van der Waals surface area (Å²) in [5, 5.41) is 22.1. The molecule has 0 radical (unpaired) electrons. The Labute approximate surface area is 130 Å². The van der Waals surface area contributed by atoms with E-state index in [4.69, 9.17) is 5.73 Å². The van der Waals surface area contributed by atoms with E-state index < -0.39 is 62.9 Å². The minimum Gasteiger partial charge on any atom is -0.321 e. The van der Waals surface area contributed by atoms with Crippen LogP contribution in [0.25, 0.3) is 0 Å². The Balaban J connectivity index is 3.64. The number of nitrogens with two attached hydrogens (primary N) is 1. The van der Waals surface area contributed by atoms with Crippen molar-refractivity contribution in [1.29, 1.82) is 0 Å². The monoisotopic (exact) mass is 337 g/mol. The van der Waals surface area contributed by atoms with Crippen molar-refractivity contribution < 1.29 is 23.0 Å². The Morgan fingerprint density at radius 1 is 1.22 bits per heavy atom. The molecule has 0 saturated heterocycles. The van der Waals surface area contributed by atoms with Crippen LogP contribution >= 0.6 is 0 Å². The first-order valence-corrected chi connectivity index (χ1v) is 7.03. The number of nitrogens with zero attached hydrogens (tertiary/aromatic N) is 2. The lowest BCUT2D eigenvalue weighted by Gasteiger charge is -2.37. The molecular formula is C13H18F3N3O4. The highest BCUT2D eigenvalue weighted by Gasteiger charge is 2.61. The van der Waals surface area contributed by atoms with E-state index in [2.05, 4.69) is 0 Å². The zero-order chi connectivity index (χ0) is 18.1. The van der Waals surface area contributed by atoms with Gasteiger partial charge in [-0.2, -0.15) is 0 Å². The summed E-state index contributed by atoms with van der Waals surface area (Å²) in [7, 11) is 0. The molecule has 7 nitrogen and oxygen atoms in total. The Morgan fingerprint density at radius 2 is 1.74 bits per heavy atom. The van der Waals surface area contributed by atoms with Gasteiger partial charge in [-0.25, -0.2) is 13.2 Å². The van der Waals surface area contributed by atoms with Crippen LogP contribution in [0.15, 0.2) is 22.8 Å². The minimum absolute atomic E-state index is 0.219. The first-order chi connectivity index (χ1) is 10.5. The summed E-state index contributed by atoms with van der Waals surface area (Å²) in [6.07, 6.45) is -0.633. The summed E-state index contributed by atoms with van der Waals surface area (Å²) in [5.74, 6) is -3.00. The third-order valence-electron chi connectivity index (χ3n) is 4.16. The van der Waals surface area contributed by atoms with Gasteiger partial charge in [0.2, 0.25) is 11.7 Å². The van der Waals surface area contributed by atoms with Gasteiger partial charge in [-0.05, 0) is 6.92 Å². The average Bonchev–Trinajstić information content (AvgIpc) is 2.47. The summed E-state index contributed by atoms with van der Waals surface area (Å²) in [6.45, 7) is 3.49. The summed E-state index contributed by atoms with van der Waals surface area (Å²) in [6, 6.07) is -5.93. The molecule has 0 spiro atoms. The highest BCUT2D eigenvalue weighted by molar-refractivity contribution is 5.46. The molecule has 130 valence electrons. The third kappa shape index (κ3) is 2.82. The molecule has 0 saturated carbocycles. The number of halogens is 3. The van der Waals surface area contributed by atoms with E-state index in [1.807, 2.05) is 0 Å². The first kappa shape index (κ1) is 19.1. The molecule has 1 rings (SSSR count). The average molecular weight is 337 g/mol. The molecule has 0 fully saturated rings. The molecule has 0 aliphatic heterocycles. The fourth-order valence-corrected chi connectivity index (χ4v) is 2.89. The van der Waals surface area contributed by atoms with E-state index in [9.17, 15) is 29.0 Å². The van der Waals surface area contributed by atoms with Crippen LogP contribution in [0.3, 0.4) is 0 Å². The number of allylic oxidation sites excluding steroid dienone is 2. The number of alkyl halides is 1. The largest absolute Gasteiger partial charge is 0.321 e. The molecule has 2 N–H and O–H groups in total. The maximum absolute atomic E-state index is 15.3. The lowest BCUT2D eigenvalue weighted by atomic mass is 9.74. The summed E-state index contributed by atoms with van der Waals surface area (Å²) in [5.41, 5.74) is 0.657. The maximum Gasteiger partial charge on any atom is 0.254 e. The number of nitro groups is 2. The molecule has 0 bridgehead atoms. The Kier molecular flexibility index (Phi) is 5.51. The van der Waals surface area contributed by atoms with Gasteiger partial charge in [-0.3, -0.25) is 20.2 Å². The topological polar surface area (TPSA) is 112 Å². The van der Waals surface area contributed by atoms with E-state index >= 15 is 4.39 Å². The second kappa shape index (κ2) is 6.65. The van der Waals surface area contributed by atoms with Gasteiger partial charge in [0.1, 0.15) is 5.83 Å². The Hall–Kier alpha value is -1.97. The van der Waals surface area contributed by atoms with Gasteiger partial charge >= 0.3 is 0 Å². The number of hydrogen-bond acceptors (Lipinski definition) is 5. The molecule has 23 heavy (non-hydrogen) atoms.